The largest absolute Gasteiger partial charge is 0.349 e. The van der Waals surface area contributed by atoms with Crippen LogP contribution in [-0.2, 0) is 6.54 Å². The first-order chi connectivity index (χ1) is 16.1. The number of amides is 2. The van der Waals surface area contributed by atoms with Crippen LogP contribution in [-0.4, -0.2) is 44.8 Å². The van der Waals surface area contributed by atoms with E-state index in [0.29, 0.717) is 42.5 Å². The molecule has 8 heteroatoms. The molecule has 4 rings (SSSR count). The van der Waals surface area contributed by atoms with Crippen molar-refractivity contribution in [3.05, 3.63) is 106 Å². The molecule has 0 radical (unpaired) electrons. The monoisotopic (exact) mass is 441 g/mol. The first-order valence-corrected chi connectivity index (χ1v) is 10.6. The number of nitrogens with zero attached hydrogens (tertiary/aromatic N) is 3. The Labute approximate surface area is 190 Å². The van der Waals surface area contributed by atoms with Crippen molar-refractivity contribution >= 4 is 22.7 Å². The lowest BCUT2D eigenvalue weighted by Gasteiger charge is -2.23. The summed E-state index contributed by atoms with van der Waals surface area (Å²) in [7, 11) is 0. The van der Waals surface area contributed by atoms with E-state index in [-0.39, 0.29) is 17.3 Å². The van der Waals surface area contributed by atoms with Crippen LogP contribution < -0.4 is 10.9 Å². The highest BCUT2D eigenvalue weighted by Crippen LogP contribution is 2.10. The molecule has 2 amide bonds. The van der Waals surface area contributed by atoms with E-state index in [1.807, 2.05) is 30.3 Å². The van der Waals surface area contributed by atoms with Gasteiger partial charge < -0.3 is 15.2 Å². The second-order valence-electron chi connectivity index (χ2n) is 7.49. The molecule has 2 heterocycles. The van der Waals surface area contributed by atoms with Crippen molar-refractivity contribution in [2.45, 2.75) is 13.0 Å². The summed E-state index contributed by atoms with van der Waals surface area (Å²) in [6.07, 6.45) is 3.71. The van der Waals surface area contributed by atoms with Gasteiger partial charge in [-0.2, -0.15) is 0 Å². The molecule has 0 fully saturated rings. The van der Waals surface area contributed by atoms with E-state index in [0.717, 1.165) is 5.56 Å². The van der Waals surface area contributed by atoms with Crippen LogP contribution in [0.3, 0.4) is 0 Å². The Kier molecular flexibility index (Phi) is 6.84. The van der Waals surface area contributed by atoms with Gasteiger partial charge in [0.1, 0.15) is 0 Å². The first-order valence-electron chi connectivity index (χ1n) is 10.6. The van der Waals surface area contributed by atoms with Crippen LogP contribution >= 0.6 is 0 Å². The first kappa shape index (κ1) is 21.9. The number of aromatic nitrogens is 3. The van der Waals surface area contributed by atoms with E-state index in [4.69, 9.17) is 0 Å². The second-order valence-corrected chi connectivity index (χ2v) is 7.49. The number of hydrogen-bond acceptors (Lipinski definition) is 5. The predicted octanol–water partition coefficient (Wildman–Crippen LogP) is 2.78. The number of benzene rings is 2. The summed E-state index contributed by atoms with van der Waals surface area (Å²) < 4.78 is 0. The average molecular weight is 441 g/mol. The molecule has 0 saturated heterocycles. The molecule has 2 aromatic heterocycles. The highest BCUT2D eigenvalue weighted by atomic mass is 16.2. The van der Waals surface area contributed by atoms with Crippen LogP contribution in [0, 0.1) is 0 Å². The maximum atomic E-state index is 13.0. The van der Waals surface area contributed by atoms with Crippen molar-refractivity contribution in [3.63, 3.8) is 0 Å². The van der Waals surface area contributed by atoms with Gasteiger partial charge in [-0.15, -0.1) is 0 Å². The normalized spacial score (nSPS) is 10.7. The van der Waals surface area contributed by atoms with Gasteiger partial charge in [0, 0.05) is 37.6 Å². The van der Waals surface area contributed by atoms with Crippen molar-refractivity contribution in [2.24, 2.45) is 0 Å². The minimum Gasteiger partial charge on any atom is -0.349 e. The second kappa shape index (κ2) is 10.3. The van der Waals surface area contributed by atoms with E-state index in [1.165, 1.54) is 0 Å². The van der Waals surface area contributed by atoms with Gasteiger partial charge in [-0.1, -0.05) is 42.5 Å². The van der Waals surface area contributed by atoms with E-state index in [9.17, 15) is 14.4 Å². The van der Waals surface area contributed by atoms with Crippen LogP contribution in [0.1, 0.15) is 33.0 Å². The van der Waals surface area contributed by atoms with Crippen molar-refractivity contribution in [3.8, 4) is 0 Å². The van der Waals surface area contributed by atoms with Crippen molar-refractivity contribution in [2.75, 3.05) is 13.1 Å². The summed E-state index contributed by atoms with van der Waals surface area (Å²) in [5, 5.41) is 3.20. The molecule has 0 aliphatic rings. The predicted molar refractivity (Wildman–Crippen MR) is 125 cm³/mol. The standard InChI is InChI=1S/C25H23N5O3/c31-23-20-9-4-5-10-21(20)28-22(29-23)24(32)27-13-6-16-30(17-18-7-2-1-3-8-18)25(33)19-11-14-26-15-12-19/h1-5,7-12,14-15H,6,13,16-17H2,(H,27,32)(H,28,29,31). The van der Waals surface area contributed by atoms with E-state index < -0.39 is 5.91 Å². The van der Waals surface area contributed by atoms with Crippen LogP contribution in [0.5, 0.6) is 0 Å². The minimum atomic E-state index is -0.465. The lowest BCUT2D eigenvalue weighted by atomic mass is 10.1. The van der Waals surface area contributed by atoms with Crippen molar-refractivity contribution in [1.82, 2.24) is 25.2 Å². The lowest BCUT2D eigenvalue weighted by Crippen LogP contribution is -2.34. The molecule has 0 saturated carbocycles. The summed E-state index contributed by atoms with van der Waals surface area (Å²) in [4.78, 5) is 50.2. The van der Waals surface area contributed by atoms with E-state index in [1.54, 1.807) is 53.7 Å². The summed E-state index contributed by atoms with van der Waals surface area (Å²) in [6, 6.07) is 20.0. The van der Waals surface area contributed by atoms with Gasteiger partial charge in [0.05, 0.1) is 10.9 Å². The maximum absolute atomic E-state index is 13.0. The number of para-hydroxylation sites is 1. The third-order valence-electron chi connectivity index (χ3n) is 5.15. The molecule has 0 atom stereocenters. The Hall–Kier alpha value is -4.33. The molecule has 166 valence electrons. The van der Waals surface area contributed by atoms with Crippen molar-refractivity contribution in [1.29, 1.82) is 0 Å². The topological polar surface area (TPSA) is 108 Å². The van der Waals surface area contributed by atoms with Gasteiger partial charge in [-0.25, -0.2) is 4.98 Å². The van der Waals surface area contributed by atoms with E-state index >= 15 is 0 Å². The Balaban J connectivity index is 1.39. The number of carbonyl (C=O) groups excluding carboxylic acids is 2. The fraction of sp³-hybridized carbons (Fsp3) is 0.160. The van der Waals surface area contributed by atoms with Crippen molar-refractivity contribution < 1.29 is 9.59 Å². The number of pyridine rings is 1. The summed E-state index contributed by atoms with van der Waals surface area (Å²) in [5.74, 6) is -0.603. The Morgan fingerprint density at radius 1 is 0.939 bits per heavy atom. The van der Waals surface area contributed by atoms with Gasteiger partial charge in [0.25, 0.3) is 17.4 Å². The number of aromatic amines is 1. The number of hydrogen-bond donors (Lipinski definition) is 2. The van der Waals surface area contributed by atoms with Gasteiger partial charge in [0.2, 0.25) is 0 Å². The zero-order valence-corrected chi connectivity index (χ0v) is 17.9. The van der Waals surface area contributed by atoms with Gasteiger partial charge in [0.15, 0.2) is 5.82 Å². The summed E-state index contributed by atoms with van der Waals surface area (Å²) in [5.41, 5.74) is 1.68. The molecule has 33 heavy (non-hydrogen) atoms. The SMILES string of the molecule is O=C(NCCCN(Cc1ccccc1)C(=O)c1ccncc1)c1nc2ccccc2c(=O)[nH]1. The Bertz CT molecular complexity index is 1310. The third kappa shape index (κ3) is 5.48. The molecule has 2 N–H and O–H groups in total. The molecule has 0 bridgehead atoms. The summed E-state index contributed by atoms with van der Waals surface area (Å²) >= 11 is 0. The fourth-order valence-corrected chi connectivity index (χ4v) is 3.48. The zero-order chi connectivity index (χ0) is 23.0. The summed E-state index contributed by atoms with van der Waals surface area (Å²) in [6.45, 7) is 1.22. The average Bonchev–Trinajstić information content (AvgIpc) is 2.86. The fourth-order valence-electron chi connectivity index (χ4n) is 3.48. The van der Waals surface area contributed by atoms with Crippen LogP contribution in [0.15, 0.2) is 83.9 Å². The lowest BCUT2D eigenvalue weighted by molar-refractivity contribution is 0.0741. The number of fused-ring (bicyclic) bond motifs is 1. The molecule has 0 aliphatic carbocycles. The quantitative estimate of drug-likeness (QED) is 0.409. The van der Waals surface area contributed by atoms with Crippen LogP contribution in [0.4, 0.5) is 0 Å². The molecule has 0 spiro atoms. The van der Waals surface area contributed by atoms with E-state index in [2.05, 4.69) is 20.3 Å². The van der Waals surface area contributed by atoms with Crippen LogP contribution in [0.2, 0.25) is 0 Å². The van der Waals surface area contributed by atoms with Gasteiger partial charge in [-0.3, -0.25) is 19.4 Å². The number of nitrogens with one attached hydrogen (secondary N) is 2. The van der Waals surface area contributed by atoms with Gasteiger partial charge in [-0.05, 0) is 36.2 Å². The smallest absolute Gasteiger partial charge is 0.287 e. The molecule has 8 nitrogen and oxygen atoms in total. The zero-order valence-electron chi connectivity index (χ0n) is 17.9. The molecular weight excluding hydrogens is 418 g/mol. The molecular formula is C25H23N5O3. The molecule has 4 aromatic rings. The molecule has 0 aliphatic heterocycles. The van der Waals surface area contributed by atoms with Crippen LogP contribution in [0.25, 0.3) is 10.9 Å². The molecule has 2 aromatic carbocycles. The van der Waals surface area contributed by atoms with Gasteiger partial charge >= 0.3 is 0 Å². The third-order valence-corrected chi connectivity index (χ3v) is 5.15. The Morgan fingerprint density at radius 3 is 2.45 bits per heavy atom. The highest BCUT2D eigenvalue weighted by Gasteiger charge is 2.16. The minimum absolute atomic E-state index is 0.0345. The highest BCUT2D eigenvalue weighted by molar-refractivity contribution is 5.94. The Morgan fingerprint density at radius 2 is 1.67 bits per heavy atom. The number of carbonyl (C=O) groups is 2. The number of rotatable bonds is 8. The number of H-pyrrole nitrogens is 1. The maximum Gasteiger partial charge on any atom is 0.287 e. The molecule has 0 unspecified atom stereocenters.